The molecule has 1 aromatic carbocycles. The molecule has 1 aromatic heterocycles. The Hall–Kier alpha value is -1.74. The Balaban J connectivity index is 2.18. The molecule has 0 aliphatic carbocycles. The Morgan fingerprint density at radius 2 is 2.00 bits per heavy atom. The van der Waals surface area contributed by atoms with E-state index >= 15 is 0 Å². The van der Waals surface area contributed by atoms with Crippen LogP contribution in [0.1, 0.15) is 39.7 Å². The monoisotopic (exact) mass is 277 g/mol. The average molecular weight is 278 g/mol. The van der Waals surface area contributed by atoms with Crippen molar-refractivity contribution in [2.24, 2.45) is 0 Å². The van der Waals surface area contributed by atoms with Gasteiger partial charge in [0.25, 0.3) is 5.91 Å². The molecule has 0 aliphatic heterocycles. The van der Waals surface area contributed by atoms with Crippen LogP contribution in [-0.2, 0) is 0 Å². The molecule has 1 amide bonds. The van der Waals surface area contributed by atoms with E-state index in [1.807, 2.05) is 32.0 Å². The summed E-state index contributed by atoms with van der Waals surface area (Å²) in [6, 6.07) is 9.14. The van der Waals surface area contributed by atoms with Crippen molar-refractivity contribution < 1.29 is 9.21 Å². The lowest BCUT2D eigenvalue weighted by atomic mass is 10.1. The molecule has 2 rings (SSSR count). The van der Waals surface area contributed by atoms with Crippen molar-refractivity contribution in [2.75, 3.05) is 5.32 Å². The first-order valence-electron chi connectivity index (χ1n) is 6.10. The third-order valence-electron chi connectivity index (χ3n) is 3.10. The van der Waals surface area contributed by atoms with E-state index in [0.717, 1.165) is 16.8 Å². The lowest BCUT2D eigenvalue weighted by Gasteiger charge is -2.09. The van der Waals surface area contributed by atoms with E-state index in [1.54, 1.807) is 19.1 Å². The zero-order chi connectivity index (χ0) is 14.0. The maximum atomic E-state index is 12.1. The van der Waals surface area contributed by atoms with Crippen LogP contribution in [0.4, 0.5) is 5.69 Å². The average Bonchev–Trinajstić information content (AvgIpc) is 2.84. The topological polar surface area (TPSA) is 42.2 Å². The van der Waals surface area contributed by atoms with Crippen molar-refractivity contribution in [3.63, 3.8) is 0 Å². The van der Waals surface area contributed by atoms with E-state index in [1.165, 1.54) is 0 Å². The van der Waals surface area contributed by atoms with E-state index in [9.17, 15) is 4.79 Å². The standard InChI is InChI=1S/C15H16ClNO2/c1-9-5-4-6-12(10(9)2)17-15(18)14-8-7-13(19-14)11(3)16/h4-8,11H,1-3H3,(H,17,18). The lowest BCUT2D eigenvalue weighted by molar-refractivity contribution is 0.0995. The second-order valence-corrected chi connectivity index (χ2v) is 5.17. The zero-order valence-corrected chi connectivity index (χ0v) is 11.9. The second kappa shape index (κ2) is 5.49. The molecule has 0 saturated carbocycles. The predicted octanol–water partition coefficient (Wildman–Crippen LogP) is 4.45. The van der Waals surface area contributed by atoms with Gasteiger partial charge in [0.15, 0.2) is 5.76 Å². The normalized spacial score (nSPS) is 12.2. The molecule has 0 bridgehead atoms. The van der Waals surface area contributed by atoms with Gasteiger partial charge in [0.2, 0.25) is 0 Å². The highest BCUT2D eigenvalue weighted by atomic mass is 35.5. The molecule has 0 saturated heterocycles. The highest BCUT2D eigenvalue weighted by molar-refractivity contribution is 6.20. The summed E-state index contributed by atoms with van der Waals surface area (Å²) in [5.41, 5.74) is 2.97. The molecule has 1 heterocycles. The third-order valence-corrected chi connectivity index (χ3v) is 3.31. The number of carbonyl (C=O) groups is 1. The van der Waals surface area contributed by atoms with Crippen molar-refractivity contribution in [3.8, 4) is 0 Å². The minimum atomic E-state index is -0.266. The molecule has 2 aromatic rings. The van der Waals surface area contributed by atoms with Gasteiger partial charge in [0.1, 0.15) is 5.76 Å². The molecule has 1 unspecified atom stereocenters. The quantitative estimate of drug-likeness (QED) is 0.842. The summed E-state index contributed by atoms with van der Waals surface area (Å²) < 4.78 is 5.41. The maximum Gasteiger partial charge on any atom is 0.291 e. The predicted molar refractivity (Wildman–Crippen MR) is 76.8 cm³/mol. The van der Waals surface area contributed by atoms with Crippen molar-refractivity contribution in [1.82, 2.24) is 0 Å². The SMILES string of the molecule is Cc1cccc(NC(=O)c2ccc(C(C)Cl)o2)c1C. The number of aryl methyl sites for hydroxylation is 1. The van der Waals surface area contributed by atoms with E-state index in [-0.39, 0.29) is 17.0 Å². The maximum absolute atomic E-state index is 12.1. The molecular weight excluding hydrogens is 262 g/mol. The second-order valence-electron chi connectivity index (χ2n) is 4.52. The molecular formula is C15H16ClNO2. The number of halogens is 1. The fourth-order valence-electron chi connectivity index (χ4n) is 1.76. The summed E-state index contributed by atoms with van der Waals surface area (Å²) >= 11 is 5.90. The van der Waals surface area contributed by atoms with Crippen LogP contribution in [0.25, 0.3) is 0 Å². The van der Waals surface area contributed by atoms with Crippen LogP contribution in [0.15, 0.2) is 34.7 Å². The number of carbonyl (C=O) groups excluding carboxylic acids is 1. The fourth-order valence-corrected chi connectivity index (χ4v) is 1.88. The van der Waals surface area contributed by atoms with Crippen molar-refractivity contribution in [3.05, 3.63) is 53.0 Å². The van der Waals surface area contributed by atoms with Crippen LogP contribution in [-0.4, -0.2) is 5.91 Å². The molecule has 1 atom stereocenters. The van der Waals surface area contributed by atoms with Gasteiger partial charge in [-0.3, -0.25) is 4.79 Å². The van der Waals surface area contributed by atoms with Crippen molar-refractivity contribution in [2.45, 2.75) is 26.1 Å². The van der Waals surface area contributed by atoms with Gasteiger partial charge in [-0.15, -0.1) is 11.6 Å². The number of rotatable bonds is 3. The van der Waals surface area contributed by atoms with Crippen LogP contribution < -0.4 is 5.32 Å². The van der Waals surface area contributed by atoms with Crippen LogP contribution in [0.5, 0.6) is 0 Å². The summed E-state index contributed by atoms with van der Waals surface area (Å²) in [6.07, 6.45) is 0. The van der Waals surface area contributed by atoms with Crippen LogP contribution >= 0.6 is 11.6 Å². The van der Waals surface area contributed by atoms with Gasteiger partial charge < -0.3 is 9.73 Å². The largest absolute Gasteiger partial charge is 0.454 e. The van der Waals surface area contributed by atoms with Gasteiger partial charge in [-0.05, 0) is 50.1 Å². The van der Waals surface area contributed by atoms with Crippen LogP contribution in [0.3, 0.4) is 0 Å². The third kappa shape index (κ3) is 2.99. The summed E-state index contributed by atoms with van der Waals surface area (Å²) in [4.78, 5) is 12.1. The number of alkyl halides is 1. The molecule has 0 aliphatic rings. The Labute approximate surface area is 117 Å². The number of amides is 1. The van der Waals surface area contributed by atoms with Gasteiger partial charge in [0.05, 0.1) is 5.38 Å². The van der Waals surface area contributed by atoms with Crippen LogP contribution in [0, 0.1) is 13.8 Å². The van der Waals surface area contributed by atoms with Gasteiger partial charge in [-0.1, -0.05) is 12.1 Å². The summed E-state index contributed by atoms with van der Waals surface area (Å²) in [7, 11) is 0. The Kier molecular flexibility index (Phi) is 3.96. The number of furan rings is 1. The highest BCUT2D eigenvalue weighted by Crippen LogP contribution is 2.23. The highest BCUT2D eigenvalue weighted by Gasteiger charge is 2.14. The Morgan fingerprint density at radius 1 is 1.26 bits per heavy atom. The van der Waals surface area contributed by atoms with Crippen LogP contribution in [0.2, 0.25) is 0 Å². The van der Waals surface area contributed by atoms with Gasteiger partial charge >= 0.3 is 0 Å². The number of hydrogen-bond acceptors (Lipinski definition) is 2. The molecule has 3 nitrogen and oxygen atoms in total. The molecule has 0 spiro atoms. The van der Waals surface area contributed by atoms with Crippen molar-refractivity contribution >= 4 is 23.2 Å². The Morgan fingerprint density at radius 3 is 2.63 bits per heavy atom. The summed E-state index contributed by atoms with van der Waals surface area (Å²) in [6.45, 7) is 5.78. The summed E-state index contributed by atoms with van der Waals surface area (Å²) in [5.74, 6) is 0.591. The number of benzene rings is 1. The van der Waals surface area contributed by atoms with Gasteiger partial charge in [0, 0.05) is 5.69 Å². The Bertz CT molecular complexity index is 602. The number of anilines is 1. The molecule has 100 valence electrons. The summed E-state index contributed by atoms with van der Waals surface area (Å²) in [5, 5.41) is 2.60. The molecule has 19 heavy (non-hydrogen) atoms. The molecule has 0 radical (unpaired) electrons. The molecule has 4 heteroatoms. The van der Waals surface area contributed by atoms with Gasteiger partial charge in [-0.2, -0.15) is 0 Å². The van der Waals surface area contributed by atoms with E-state index in [4.69, 9.17) is 16.0 Å². The fraction of sp³-hybridized carbons (Fsp3) is 0.267. The van der Waals surface area contributed by atoms with E-state index < -0.39 is 0 Å². The van der Waals surface area contributed by atoms with Gasteiger partial charge in [-0.25, -0.2) is 0 Å². The van der Waals surface area contributed by atoms with E-state index in [0.29, 0.717) is 5.76 Å². The first-order chi connectivity index (χ1) is 8.99. The first kappa shape index (κ1) is 13.7. The smallest absolute Gasteiger partial charge is 0.291 e. The number of nitrogens with one attached hydrogen (secondary N) is 1. The minimum absolute atomic E-state index is 0.248. The first-order valence-corrected chi connectivity index (χ1v) is 6.54. The lowest BCUT2D eigenvalue weighted by Crippen LogP contribution is -2.12. The molecule has 1 N–H and O–H groups in total. The molecule has 0 fully saturated rings. The van der Waals surface area contributed by atoms with Crippen molar-refractivity contribution in [1.29, 1.82) is 0 Å². The van der Waals surface area contributed by atoms with E-state index in [2.05, 4.69) is 5.32 Å². The number of hydrogen-bond donors (Lipinski definition) is 1. The minimum Gasteiger partial charge on any atom is -0.454 e. The zero-order valence-electron chi connectivity index (χ0n) is 11.2.